The quantitative estimate of drug-likeness (QED) is 0.821. The van der Waals surface area contributed by atoms with Crippen LogP contribution in [0.4, 0.5) is 8.78 Å². The number of morpholine rings is 1. The van der Waals surface area contributed by atoms with Gasteiger partial charge in [0, 0.05) is 25.3 Å². The molecule has 7 heteroatoms. The summed E-state index contributed by atoms with van der Waals surface area (Å²) in [6.07, 6.45) is 0.0292. The van der Waals surface area contributed by atoms with Crippen molar-refractivity contribution >= 4 is 11.9 Å². The van der Waals surface area contributed by atoms with Gasteiger partial charge in [0.25, 0.3) is 0 Å². The average molecular weight is 277 g/mol. The first-order chi connectivity index (χ1) is 8.91. The SMILES string of the molecule is O=C(O)C1COCCN1C(=O)C1CCCC(F)(F)C1. The number of amides is 1. The molecular formula is C12H17F2NO4. The highest BCUT2D eigenvalue weighted by molar-refractivity contribution is 5.85. The fourth-order valence-electron chi connectivity index (χ4n) is 2.69. The Labute approximate surface area is 109 Å². The Kier molecular flexibility index (Phi) is 4.03. The monoisotopic (exact) mass is 277 g/mol. The molecule has 1 saturated carbocycles. The first kappa shape index (κ1) is 14.2. The zero-order valence-electron chi connectivity index (χ0n) is 10.5. The zero-order chi connectivity index (χ0) is 14.0. The molecule has 2 atom stereocenters. The highest BCUT2D eigenvalue weighted by atomic mass is 19.3. The summed E-state index contributed by atoms with van der Waals surface area (Å²) in [6.45, 7) is 0.320. The first-order valence-corrected chi connectivity index (χ1v) is 6.39. The number of ether oxygens (including phenoxy) is 1. The number of alkyl halides is 2. The van der Waals surface area contributed by atoms with Gasteiger partial charge >= 0.3 is 5.97 Å². The zero-order valence-corrected chi connectivity index (χ0v) is 10.5. The number of hydrogen-bond acceptors (Lipinski definition) is 3. The lowest BCUT2D eigenvalue weighted by molar-refractivity contribution is -0.163. The fraction of sp³-hybridized carbons (Fsp3) is 0.833. The molecule has 1 heterocycles. The molecule has 19 heavy (non-hydrogen) atoms. The third-order valence-electron chi connectivity index (χ3n) is 3.69. The summed E-state index contributed by atoms with van der Waals surface area (Å²) >= 11 is 0. The van der Waals surface area contributed by atoms with Crippen LogP contribution in [0.1, 0.15) is 25.7 Å². The van der Waals surface area contributed by atoms with Crippen molar-refractivity contribution < 1.29 is 28.2 Å². The Bertz CT molecular complexity index is 375. The number of halogens is 2. The standard InChI is InChI=1S/C12H17F2NO4/c13-12(14)3-1-2-8(6-12)10(16)15-4-5-19-7-9(15)11(17)18/h8-9H,1-7H2,(H,17,18). The lowest BCUT2D eigenvalue weighted by atomic mass is 9.85. The van der Waals surface area contributed by atoms with E-state index in [1.807, 2.05) is 0 Å². The molecule has 1 amide bonds. The number of carboxylic acids is 1. The Morgan fingerprint density at radius 2 is 2.11 bits per heavy atom. The second-order valence-corrected chi connectivity index (χ2v) is 5.11. The van der Waals surface area contributed by atoms with Crippen molar-refractivity contribution in [2.45, 2.75) is 37.6 Å². The number of carboxylic acid groups (broad SMARTS) is 1. The van der Waals surface area contributed by atoms with Crippen LogP contribution in [0.15, 0.2) is 0 Å². The number of nitrogens with zero attached hydrogens (tertiary/aromatic N) is 1. The third-order valence-corrected chi connectivity index (χ3v) is 3.69. The van der Waals surface area contributed by atoms with Crippen LogP contribution in [0, 0.1) is 5.92 Å². The van der Waals surface area contributed by atoms with E-state index in [1.165, 1.54) is 4.90 Å². The largest absolute Gasteiger partial charge is 0.480 e. The minimum Gasteiger partial charge on any atom is -0.480 e. The molecule has 0 radical (unpaired) electrons. The molecule has 2 unspecified atom stereocenters. The van der Waals surface area contributed by atoms with Crippen LogP contribution in [-0.2, 0) is 14.3 Å². The Hall–Kier alpha value is -1.24. The van der Waals surface area contributed by atoms with E-state index in [-0.39, 0.29) is 26.2 Å². The van der Waals surface area contributed by atoms with Crippen molar-refractivity contribution in [3.63, 3.8) is 0 Å². The van der Waals surface area contributed by atoms with Gasteiger partial charge in [0.05, 0.1) is 13.2 Å². The summed E-state index contributed by atoms with van der Waals surface area (Å²) in [6, 6.07) is -1.06. The number of aliphatic carboxylic acids is 1. The molecular weight excluding hydrogens is 260 g/mol. The van der Waals surface area contributed by atoms with Crippen LogP contribution in [0.25, 0.3) is 0 Å². The Morgan fingerprint density at radius 3 is 2.74 bits per heavy atom. The Morgan fingerprint density at radius 1 is 1.37 bits per heavy atom. The van der Waals surface area contributed by atoms with Gasteiger partial charge in [-0.25, -0.2) is 13.6 Å². The lowest BCUT2D eigenvalue weighted by Crippen LogP contribution is -2.55. The summed E-state index contributed by atoms with van der Waals surface area (Å²) in [5.41, 5.74) is 0. The smallest absolute Gasteiger partial charge is 0.328 e. The lowest BCUT2D eigenvalue weighted by Gasteiger charge is -2.37. The van der Waals surface area contributed by atoms with Crippen molar-refractivity contribution in [1.29, 1.82) is 0 Å². The summed E-state index contributed by atoms with van der Waals surface area (Å²) in [7, 11) is 0. The van der Waals surface area contributed by atoms with Crippen LogP contribution >= 0.6 is 0 Å². The number of rotatable bonds is 2. The van der Waals surface area contributed by atoms with Crippen molar-refractivity contribution in [3.05, 3.63) is 0 Å². The fourth-order valence-corrected chi connectivity index (χ4v) is 2.69. The molecule has 1 saturated heterocycles. The average Bonchev–Trinajstić information content (AvgIpc) is 2.36. The molecule has 5 nitrogen and oxygen atoms in total. The highest BCUT2D eigenvalue weighted by Crippen LogP contribution is 2.37. The van der Waals surface area contributed by atoms with Gasteiger partial charge in [0.15, 0.2) is 6.04 Å². The van der Waals surface area contributed by atoms with Crippen LogP contribution in [0.2, 0.25) is 0 Å². The highest BCUT2D eigenvalue weighted by Gasteiger charge is 2.43. The minimum atomic E-state index is -2.82. The summed E-state index contributed by atoms with van der Waals surface area (Å²) in [5, 5.41) is 9.04. The van der Waals surface area contributed by atoms with Gasteiger partial charge in [0.2, 0.25) is 11.8 Å². The van der Waals surface area contributed by atoms with Gasteiger partial charge in [-0.05, 0) is 12.8 Å². The van der Waals surface area contributed by atoms with E-state index in [4.69, 9.17) is 9.84 Å². The van der Waals surface area contributed by atoms with Crippen LogP contribution in [0.3, 0.4) is 0 Å². The van der Waals surface area contributed by atoms with Crippen molar-refractivity contribution in [3.8, 4) is 0 Å². The second kappa shape index (κ2) is 5.40. The summed E-state index contributed by atoms with van der Waals surface area (Å²) in [5.74, 6) is -5.22. The van der Waals surface area contributed by atoms with Crippen LogP contribution < -0.4 is 0 Å². The Balaban J connectivity index is 2.06. The molecule has 0 spiro atoms. The molecule has 2 aliphatic rings. The van der Waals surface area contributed by atoms with E-state index in [2.05, 4.69) is 0 Å². The van der Waals surface area contributed by atoms with E-state index in [0.717, 1.165) is 0 Å². The topological polar surface area (TPSA) is 66.8 Å². The van der Waals surface area contributed by atoms with Crippen LogP contribution in [0.5, 0.6) is 0 Å². The van der Waals surface area contributed by atoms with E-state index in [1.54, 1.807) is 0 Å². The van der Waals surface area contributed by atoms with Gasteiger partial charge in [-0.1, -0.05) is 0 Å². The molecule has 2 fully saturated rings. The maximum Gasteiger partial charge on any atom is 0.328 e. The maximum atomic E-state index is 13.3. The molecule has 0 bridgehead atoms. The van der Waals surface area contributed by atoms with Gasteiger partial charge in [-0.15, -0.1) is 0 Å². The van der Waals surface area contributed by atoms with Gasteiger partial charge in [0.1, 0.15) is 0 Å². The summed E-state index contributed by atoms with van der Waals surface area (Å²) < 4.78 is 31.7. The van der Waals surface area contributed by atoms with Gasteiger partial charge in [-0.3, -0.25) is 4.79 Å². The van der Waals surface area contributed by atoms with Crippen molar-refractivity contribution in [2.75, 3.05) is 19.8 Å². The molecule has 0 aromatic rings. The number of carbonyl (C=O) groups is 2. The minimum absolute atomic E-state index is 0.0792. The van der Waals surface area contributed by atoms with E-state index >= 15 is 0 Å². The predicted molar refractivity (Wildman–Crippen MR) is 60.9 cm³/mol. The number of hydrogen-bond donors (Lipinski definition) is 1. The molecule has 1 N–H and O–H groups in total. The van der Waals surface area contributed by atoms with E-state index < -0.39 is 36.2 Å². The molecule has 108 valence electrons. The third kappa shape index (κ3) is 3.20. The molecule has 2 rings (SSSR count). The molecule has 0 aromatic heterocycles. The van der Waals surface area contributed by atoms with E-state index in [0.29, 0.717) is 12.8 Å². The van der Waals surface area contributed by atoms with Gasteiger partial charge in [-0.2, -0.15) is 0 Å². The first-order valence-electron chi connectivity index (χ1n) is 6.39. The van der Waals surface area contributed by atoms with Gasteiger partial charge < -0.3 is 14.7 Å². The van der Waals surface area contributed by atoms with E-state index in [9.17, 15) is 18.4 Å². The molecule has 0 aromatic carbocycles. The predicted octanol–water partition coefficient (Wildman–Crippen LogP) is 1.12. The summed E-state index contributed by atoms with van der Waals surface area (Å²) in [4.78, 5) is 24.5. The second-order valence-electron chi connectivity index (χ2n) is 5.11. The van der Waals surface area contributed by atoms with Crippen LogP contribution in [-0.4, -0.2) is 53.6 Å². The maximum absolute atomic E-state index is 13.3. The number of carbonyl (C=O) groups excluding carboxylic acids is 1. The normalized spacial score (nSPS) is 30.9. The molecule has 1 aliphatic heterocycles. The molecule has 1 aliphatic carbocycles. The van der Waals surface area contributed by atoms with Crippen molar-refractivity contribution in [2.24, 2.45) is 5.92 Å². The van der Waals surface area contributed by atoms with Crippen molar-refractivity contribution in [1.82, 2.24) is 4.90 Å².